The van der Waals surface area contributed by atoms with Gasteiger partial charge >= 0.3 is 6.16 Å². The van der Waals surface area contributed by atoms with Crippen LogP contribution in [0.3, 0.4) is 0 Å². The number of carbonyl (C=O) groups excluding carboxylic acids is 1. The number of benzene rings is 1. The van der Waals surface area contributed by atoms with E-state index in [2.05, 4.69) is 43.9 Å². The van der Waals surface area contributed by atoms with E-state index in [0.29, 0.717) is 14.5 Å². The first-order valence-electron chi connectivity index (χ1n) is 6.29. The predicted octanol–water partition coefficient (Wildman–Crippen LogP) is 5.16. The second-order valence-electron chi connectivity index (χ2n) is 4.25. The second kappa shape index (κ2) is 8.80. The summed E-state index contributed by atoms with van der Waals surface area (Å²) in [5, 5.41) is 12.5. The van der Waals surface area contributed by atoms with Crippen LogP contribution in [0, 0.1) is 11.3 Å². The van der Waals surface area contributed by atoms with Gasteiger partial charge in [0.2, 0.25) is 0 Å². The van der Waals surface area contributed by atoms with E-state index < -0.39 is 6.16 Å². The molecule has 7 heteroatoms. The van der Waals surface area contributed by atoms with E-state index in [0.717, 1.165) is 25.0 Å². The molecule has 0 saturated heterocycles. The maximum Gasteiger partial charge on any atom is 0.540 e. The average Bonchev–Trinajstić information content (AvgIpc) is 2.46. The minimum atomic E-state index is -0.933. The summed E-state index contributed by atoms with van der Waals surface area (Å²) in [4.78, 5) is 16.3. The van der Waals surface area contributed by atoms with Crippen LogP contribution in [-0.4, -0.2) is 11.9 Å². The third kappa shape index (κ3) is 5.86. The van der Waals surface area contributed by atoms with E-state index >= 15 is 0 Å². The number of rotatable bonds is 5. The molecule has 0 atom stereocenters. The number of nitriles is 1. The molecule has 1 rings (SSSR count). The Morgan fingerprint density at radius 1 is 1.38 bits per heavy atom. The van der Waals surface area contributed by atoms with Gasteiger partial charge in [0.15, 0.2) is 5.75 Å². The number of unbranched alkanes of at least 4 members (excludes halogenated alkanes) is 1. The van der Waals surface area contributed by atoms with Gasteiger partial charge in [-0.25, -0.2) is 4.79 Å². The van der Waals surface area contributed by atoms with Gasteiger partial charge in [0.1, 0.15) is 0 Å². The lowest BCUT2D eigenvalue weighted by atomic mass is 10.2. The van der Waals surface area contributed by atoms with E-state index in [4.69, 9.17) is 14.8 Å². The summed E-state index contributed by atoms with van der Waals surface area (Å²) < 4.78 is 6.00. The van der Waals surface area contributed by atoms with Crippen molar-refractivity contribution in [1.29, 1.82) is 5.26 Å². The Labute approximate surface area is 140 Å². The minimum Gasteiger partial charge on any atom is -0.391 e. The number of ether oxygens (including phenoxy) is 1. The van der Waals surface area contributed by atoms with E-state index in [1.54, 1.807) is 19.1 Å². The van der Waals surface area contributed by atoms with Gasteiger partial charge in [-0.3, -0.25) is 4.84 Å². The molecule has 0 aliphatic carbocycles. The number of hydrogen-bond acceptors (Lipinski definition) is 5. The van der Waals surface area contributed by atoms with Crippen molar-refractivity contribution in [2.75, 3.05) is 0 Å². The lowest BCUT2D eigenvalue weighted by molar-refractivity contribution is 0.101. The molecule has 0 aliphatic rings. The van der Waals surface area contributed by atoms with Crippen molar-refractivity contribution in [3.8, 4) is 11.8 Å². The van der Waals surface area contributed by atoms with Gasteiger partial charge in [-0.2, -0.15) is 5.26 Å². The Bertz CT molecular complexity index is 571. The number of nitrogens with zero attached hydrogens (tertiary/aromatic N) is 2. The van der Waals surface area contributed by atoms with Crippen LogP contribution >= 0.6 is 31.9 Å². The van der Waals surface area contributed by atoms with Gasteiger partial charge in [-0.15, -0.1) is 0 Å². The molecule has 0 spiro atoms. The van der Waals surface area contributed by atoms with Crippen LogP contribution in [0.1, 0.15) is 38.7 Å². The molecule has 0 amide bonds. The second-order valence-corrected chi connectivity index (χ2v) is 5.96. The molecule has 0 heterocycles. The molecule has 21 heavy (non-hydrogen) atoms. The normalized spacial score (nSPS) is 10.9. The summed E-state index contributed by atoms with van der Waals surface area (Å²) >= 11 is 6.46. The molecule has 0 N–H and O–H groups in total. The van der Waals surface area contributed by atoms with E-state index in [1.165, 1.54) is 0 Å². The summed E-state index contributed by atoms with van der Waals surface area (Å²) in [6.07, 6.45) is 1.87. The van der Waals surface area contributed by atoms with Crippen LogP contribution < -0.4 is 4.74 Å². The van der Waals surface area contributed by atoms with Crippen molar-refractivity contribution in [1.82, 2.24) is 0 Å². The van der Waals surface area contributed by atoms with Crippen molar-refractivity contribution in [3.63, 3.8) is 0 Å². The number of hydrogen-bond donors (Lipinski definition) is 0. The molecule has 0 unspecified atom stereocenters. The number of oxime groups is 1. The van der Waals surface area contributed by atoms with Crippen molar-refractivity contribution in [2.24, 2.45) is 5.16 Å². The first kappa shape index (κ1) is 17.7. The van der Waals surface area contributed by atoms with Crippen molar-refractivity contribution in [3.05, 3.63) is 26.6 Å². The maximum absolute atomic E-state index is 11.6. The zero-order valence-corrected chi connectivity index (χ0v) is 14.8. The fraction of sp³-hybridized carbons (Fsp3) is 0.357. The van der Waals surface area contributed by atoms with Crippen LogP contribution in [0.15, 0.2) is 26.2 Å². The van der Waals surface area contributed by atoms with Gasteiger partial charge in [0.25, 0.3) is 0 Å². The fourth-order valence-corrected chi connectivity index (χ4v) is 2.77. The highest BCUT2D eigenvalue weighted by atomic mass is 79.9. The Balaban J connectivity index is 2.70. The molecular formula is C14H14Br2N2O3. The average molecular weight is 418 g/mol. The lowest BCUT2D eigenvalue weighted by Crippen LogP contribution is -2.09. The summed E-state index contributed by atoms with van der Waals surface area (Å²) in [6.45, 7) is 3.86. The molecule has 0 saturated carbocycles. The third-order valence-corrected chi connectivity index (χ3v) is 3.66. The summed E-state index contributed by atoms with van der Waals surface area (Å²) in [6, 6.07) is 5.08. The fourth-order valence-electron chi connectivity index (χ4n) is 1.42. The highest BCUT2D eigenvalue weighted by Gasteiger charge is 2.14. The van der Waals surface area contributed by atoms with E-state index in [9.17, 15) is 4.79 Å². The maximum atomic E-state index is 11.6. The van der Waals surface area contributed by atoms with Gasteiger partial charge in [0, 0.05) is 0 Å². The highest BCUT2D eigenvalue weighted by Crippen LogP contribution is 2.34. The van der Waals surface area contributed by atoms with Crippen LogP contribution in [-0.2, 0) is 4.84 Å². The summed E-state index contributed by atoms with van der Waals surface area (Å²) in [7, 11) is 0. The van der Waals surface area contributed by atoms with Gasteiger partial charge in [-0.1, -0.05) is 18.5 Å². The van der Waals surface area contributed by atoms with Crippen LogP contribution in [0.25, 0.3) is 0 Å². The minimum absolute atomic E-state index is 0.236. The van der Waals surface area contributed by atoms with Gasteiger partial charge in [-0.05, 0) is 63.8 Å². The molecular weight excluding hydrogens is 404 g/mol. The van der Waals surface area contributed by atoms with E-state index in [-0.39, 0.29) is 5.75 Å². The Hall–Kier alpha value is -1.39. The van der Waals surface area contributed by atoms with Crippen LogP contribution in [0.4, 0.5) is 4.79 Å². The van der Waals surface area contributed by atoms with E-state index in [1.807, 2.05) is 6.07 Å². The Morgan fingerprint density at radius 3 is 2.52 bits per heavy atom. The molecule has 1 aromatic carbocycles. The molecule has 5 nitrogen and oxygen atoms in total. The molecule has 0 bridgehead atoms. The van der Waals surface area contributed by atoms with Crippen molar-refractivity contribution < 1.29 is 14.4 Å². The smallest absolute Gasteiger partial charge is 0.391 e. The quantitative estimate of drug-likeness (QED) is 0.218. The highest BCUT2D eigenvalue weighted by molar-refractivity contribution is 9.11. The van der Waals surface area contributed by atoms with Crippen LogP contribution in [0.2, 0.25) is 0 Å². The number of halogens is 2. The molecule has 0 fully saturated rings. The third-order valence-electron chi connectivity index (χ3n) is 2.48. The standard InChI is InChI=1S/C14H14Br2N2O3/c1-3-4-5-9(2)18-21-14(19)20-13-11(15)6-10(8-17)7-12(13)16/h6-7H,3-5H2,1-2H3. The molecule has 0 aliphatic heterocycles. The molecule has 0 aromatic heterocycles. The zero-order valence-electron chi connectivity index (χ0n) is 11.7. The number of carbonyl (C=O) groups is 1. The van der Waals surface area contributed by atoms with Crippen molar-refractivity contribution in [2.45, 2.75) is 33.1 Å². The lowest BCUT2D eigenvalue weighted by Gasteiger charge is -2.07. The van der Waals surface area contributed by atoms with Gasteiger partial charge < -0.3 is 4.74 Å². The summed E-state index contributed by atoms with van der Waals surface area (Å²) in [5.41, 5.74) is 1.16. The molecule has 1 aromatic rings. The van der Waals surface area contributed by atoms with Gasteiger partial charge in [0.05, 0.1) is 26.3 Å². The topological polar surface area (TPSA) is 71.7 Å². The Morgan fingerprint density at radius 2 is 2.00 bits per heavy atom. The monoisotopic (exact) mass is 416 g/mol. The largest absolute Gasteiger partial charge is 0.540 e. The van der Waals surface area contributed by atoms with Crippen molar-refractivity contribution >= 4 is 43.7 Å². The first-order chi connectivity index (χ1) is 9.97. The predicted molar refractivity (Wildman–Crippen MR) is 86.3 cm³/mol. The zero-order chi connectivity index (χ0) is 15.8. The molecule has 112 valence electrons. The molecule has 0 radical (unpaired) electrons. The SMILES string of the molecule is CCCCC(C)=NOC(=O)Oc1c(Br)cc(C#N)cc1Br. The first-order valence-corrected chi connectivity index (χ1v) is 7.88. The Kier molecular flexibility index (Phi) is 7.40. The van der Waals surface area contributed by atoms with Crippen LogP contribution in [0.5, 0.6) is 5.75 Å². The summed E-state index contributed by atoms with van der Waals surface area (Å²) in [5.74, 6) is 0.236.